The molecule has 0 aromatic heterocycles. The summed E-state index contributed by atoms with van der Waals surface area (Å²) in [4.78, 5) is 0. The number of hydrogen-bond donors (Lipinski definition) is 1. The van der Waals surface area contributed by atoms with Crippen LogP contribution >= 0.6 is 0 Å². The van der Waals surface area contributed by atoms with Gasteiger partial charge in [-0.25, -0.2) is 0 Å². The zero-order valence-corrected chi connectivity index (χ0v) is 10.2. The molecule has 0 radical (unpaired) electrons. The second-order valence-corrected chi connectivity index (χ2v) is 5.18. The van der Waals surface area contributed by atoms with Gasteiger partial charge in [0.1, 0.15) is 0 Å². The molecule has 15 heavy (non-hydrogen) atoms. The van der Waals surface area contributed by atoms with Crippen molar-refractivity contribution in [1.82, 2.24) is 0 Å². The Morgan fingerprint density at radius 1 is 1.07 bits per heavy atom. The highest BCUT2D eigenvalue weighted by Crippen LogP contribution is 2.36. The minimum atomic E-state index is 0.0668. The van der Waals surface area contributed by atoms with Crippen molar-refractivity contribution in [2.45, 2.75) is 40.2 Å². The Bertz CT molecular complexity index is 439. The van der Waals surface area contributed by atoms with Crippen molar-refractivity contribution in [1.29, 1.82) is 0 Å². The Balaban J connectivity index is 2.65. The first kappa shape index (κ1) is 10.3. The largest absolute Gasteiger partial charge is 0.376 e. The van der Waals surface area contributed by atoms with Crippen LogP contribution in [0.3, 0.4) is 0 Å². The molecule has 1 aliphatic rings. The minimum Gasteiger partial charge on any atom is -0.376 e. The van der Waals surface area contributed by atoms with Crippen LogP contribution in [-0.2, 0) is 0 Å². The van der Waals surface area contributed by atoms with E-state index in [9.17, 15) is 0 Å². The van der Waals surface area contributed by atoms with Crippen LogP contribution in [0.4, 0.5) is 5.69 Å². The van der Waals surface area contributed by atoms with Gasteiger partial charge in [0.05, 0.1) is 5.54 Å². The number of nitrogens with one attached hydrogen (secondary N) is 1. The summed E-state index contributed by atoms with van der Waals surface area (Å²) in [5, 5.41) is 3.57. The molecule has 0 fully saturated rings. The van der Waals surface area contributed by atoms with E-state index in [0.29, 0.717) is 0 Å². The summed E-state index contributed by atoms with van der Waals surface area (Å²) >= 11 is 0. The molecule has 0 spiro atoms. The maximum absolute atomic E-state index is 3.57. The van der Waals surface area contributed by atoms with Gasteiger partial charge in [-0.3, -0.25) is 0 Å². The number of benzene rings is 1. The molecule has 2 rings (SSSR count). The van der Waals surface area contributed by atoms with Crippen LogP contribution < -0.4 is 5.32 Å². The number of fused-ring (bicyclic) bond motifs is 1. The molecule has 0 atom stereocenters. The molecule has 1 aromatic rings. The van der Waals surface area contributed by atoms with Crippen LogP contribution in [0.25, 0.3) is 5.57 Å². The normalized spacial score (nSPS) is 17.8. The molecule has 0 aliphatic carbocycles. The van der Waals surface area contributed by atoms with Crippen molar-refractivity contribution in [3.63, 3.8) is 0 Å². The summed E-state index contributed by atoms with van der Waals surface area (Å²) in [5.74, 6) is 0. The maximum Gasteiger partial charge on any atom is 0.0505 e. The molecule has 0 bridgehead atoms. The lowest BCUT2D eigenvalue weighted by atomic mass is 9.88. The van der Waals surface area contributed by atoms with Gasteiger partial charge >= 0.3 is 0 Å². The van der Waals surface area contributed by atoms with Gasteiger partial charge in [-0.1, -0.05) is 12.1 Å². The van der Waals surface area contributed by atoms with Crippen LogP contribution in [0, 0.1) is 13.8 Å². The fourth-order valence-electron chi connectivity index (χ4n) is 2.59. The fraction of sp³-hybridized carbons (Fsp3) is 0.429. The monoisotopic (exact) mass is 201 g/mol. The molecule has 0 amide bonds. The third-order valence-electron chi connectivity index (χ3n) is 2.91. The van der Waals surface area contributed by atoms with Gasteiger partial charge in [-0.05, 0) is 57.4 Å². The number of rotatable bonds is 0. The Labute approximate surface area is 92.2 Å². The molecule has 0 saturated carbocycles. The Hall–Kier alpha value is -1.24. The topological polar surface area (TPSA) is 12.0 Å². The first-order valence-electron chi connectivity index (χ1n) is 5.48. The van der Waals surface area contributed by atoms with Crippen molar-refractivity contribution in [3.05, 3.63) is 34.9 Å². The first-order chi connectivity index (χ1) is 6.89. The van der Waals surface area contributed by atoms with E-state index < -0.39 is 0 Å². The summed E-state index contributed by atoms with van der Waals surface area (Å²) in [7, 11) is 0. The predicted octanol–water partition coefficient (Wildman–Crippen LogP) is 3.91. The van der Waals surface area contributed by atoms with Gasteiger partial charge in [0.25, 0.3) is 0 Å². The molecule has 1 nitrogen and oxygen atoms in total. The van der Waals surface area contributed by atoms with E-state index in [1.807, 2.05) is 0 Å². The van der Waals surface area contributed by atoms with Gasteiger partial charge in [0.15, 0.2) is 0 Å². The Kier molecular flexibility index (Phi) is 2.14. The van der Waals surface area contributed by atoms with E-state index >= 15 is 0 Å². The van der Waals surface area contributed by atoms with Crippen molar-refractivity contribution < 1.29 is 0 Å². The molecule has 1 heteroatoms. The van der Waals surface area contributed by atoms with Gasteiger partial charge < -0.3 is 5.32 Å². The number of allylic oxidation sites excluding steroid dienone is 1. The van der Waals surface area contributed by atoms with Crippen LogP contribution in [0.15, 0.2) is 18.2 Å². The van der Waals surface area contributed by atoms with Gasteiger partial charge in [0.2, 0.25) is 0 Å². The van der Waals surface area contributed by atoms with Crippen LogP contribution in [-0.4, -0.2) is 5.54 Å². The maximum atomic E-state index is 3.57. The number of aryl methyl sites for hydroxylation is 2. The highest BCUT2D eigenvalue weighted by molar-refractivity contribution is 5.82. The van der Waals surface area contributed by atoms with Gasteiger partial charge in [0, 0.05) is 11.3 Å². The smallest absolute Gasteiger partial charge is 0.0505 e. The van der Waals surface area contributed by atoms with Crippen molar-refractivity contribution >= 4 is 11.3 Å². The first-order valence-corrected chi connectivity index (χ1v) is 5.48. The van der Waals surface area contributed by atoms with E-state index in [0.717, 1.165) is 0 Å². The molecule has 80 valence electrons. The molecule has 1 aromatic carbocycles. The van der Waals surface area contributed by atoms with E-state index in [-0.39, 0.29) is 5.54 Å². The lowest BCUT2D eigenvalue weighted by molar-refractivity contribution is 0.707. The highest BCUT2D eigenvalue weighted by atomic mass is 15.0. The van der Waals surface area contributed by atoms with E-state index in [2.05, 4.69) is 58.1 Å². The number of anilines is 1. The van der Waals surface area contributed by atoms with Crippen molar-refractivity contribution in [3.8, 4) is 0 Å². The Morgan fingerprint density at radius 2 is 1.73 bits per heavy atom. The zero-order valence-electron chi connectivity index (χ0n) is 10.2. The van der Waals surface area contributed by atoms with E-state index in [4.69, 9.17) is 0 Å². The molecule has 0 saturated heterocycles. The van der Waals surface area contributed by atoms with Gasteiger partial charge in [-0.15, -0.1) is 0 Å². The molecule has 1 aliphatic heterocycles. The second-order valence-electron chi connectivity index (χ2n) is 5.18. The summed E-state index contributed by atoms with van der Waals surface area (Å²) in [6.45, 7) is 10.9. The SMILES string of the molecule is CC1=CC(C)(C)Nc2cc(C)cc(C)c21. The van der Waals surface area contributed by atoms with E-state index in [1.165, 1.54) is 28.0 Å². The average molecular weight is 201 g/mol. The molecular formula is C14H19N. The molecule has 0 unspecified atom stereocenters. The standard InChI is InChI=1S/C14H19N/c1-9-6-10(2)13-11(3)8-14(4,5)15-12(13)7-9/h6-8,15H,1-5H3. The minimum absolute atomic E-state index is 0.0668. The van der Waals surface area contributed by atoms with Crippen LogP contribution in [0.2, 0.25) is 0 Å². The predicted molar refractivity (Wildman–Crippen MR) is 67.3 cm³/mol. The number of hydrogen-bond acceptors (Lipinski definition) is 1. The third kappa shape index (κ3) is 1.79. The van der Waals surface area contributed by atoms with E-state index in [1.54, 1.807) is 0 Å². The van der Waals surface area contributed by atoms with Crippen LogP contribution in [0.1, 0.15) is 37.5 Å². The summed E-state index contributed by atoms with van der Waals surface area (Å²) in [5.41, 5.74) is 6.78. The van der Waals surface area contributed by atoms with Crippen molar-refractivity contribution in [2.24, 2.45) is 0 Å². The molecular weight excluding hydrogens is 182 g/mol. The third-order valence-corrected chi connectivity index (χ3v) is 2.91. The average Bonchev–Trinajstić information content (AvgIpc) is 1.97. The molecule has 1 heterocycles. The lowest BCUT2D eigenvalue weighted by Gasteiger charge is -2.32. The second kappa shape index (κ2) is 3.13. The van der Waals surface area contributed by atoms with Crippen LogP contribution in [0.5, 0.6) is 0 Å². The highest BCUT2D eigenvalue weighted by Gasteiger charge is 2.23. The quantitative estimate of drug-likeness (QED) is 0.671. The molecule has 1 N–H and O–H groups in total. The summed E-state index contributed by atoms with van der Waals surface area (Å²) in [6.07, 6.45) is 2.30. The summed E-state index contributed by atoms with van der Waals surface area (Å²) < 4.78 is 0. The Morgan fingerprint density at radius 3 is 2.40 bits per heavy atom. The van der Waals surface area contributed by atoms with Crippen molar-refractivity contribution in [2.75, 3.05) is 5.32 Å². The van der Waals surface area contributed by atoms with Gasteiger partial charge in [-0.2, -0.15) is 0 Å². The summed E-state index contributed by atoms with van der Waals surface area (Å²) in [6, 6.07) is 4.48. The fourth-order valence-corrected chi connectivity index (χ4v) is 2.59. The lowest BCUT2D eigenvalue weighted by Crippen LogP contribution is -2.31. The zero-order chi connectivity index (χ0) is 11.2.